The first kappa shape index (κ1) is 26.2. The molecule has 2 amide bonds. The van der Waals surface area contributed by atoms with Gasteiger partial charge in [-0.05, 0) is 68.5 Å². The highest BCUT2D eigenvalue weighted by Crippen LogP contribution is 2.33. The summed E-state index contributed by atoms with van der Waals surface area (Å²) in [5, 5.41) is 10.7. The van der Waals surface area contributed by atoms with E-state index in [0.717, 1.165) is 77.2 Å². The van der Waals surface area contributed by atoms with Gasteiger partial charge in [0.05, 0.1) is 22.6 Å². The van der Waals surface area contributed by atoms with Gasteiger partial charge in [0.25, 0.3) is 0 Å². The highest BCUT2D eigenvalue weighted by Gasteiger charge is 2.27. The van der Waals surface area contributed by atoms with E-state index in [1.807, 2.05) is 51.1 Å². The summed E-state index contributed by atoms with van der Waals surface area (Å²) in [5.41, 5.74) is 4.66. The Morgan fingerprint density at radius 3 is 2.86 bits per heavy atom. The van der Waals surface area contributed by atoms with Gasteiger partial charge in [-0.25, -0.2) is 0 Å². The van der Waals surface area contributed by atoms with Gasteiger partial charge < -0.3 is 16.0 Å². The van der Waals surface area contributed by atoms with E-state index in [-0.39, 0.29) is 17.7 Å². The fourth-order valence-electron chi connectivity index (χ4n) is 4.96. The van der Waals surface area contributed by atoms with Crippen molar-refractivity contribution >= 4 is 45.9 Å². The highest BCUT2D eigenvalue weighted by atomic mass is 32.2. The SMILES string of the molecule is CC.Cc1ccc2cccc(NC(=O)C3CCCC(CNCc4ccc5c(c4)NC(=O)CS5)C3)c2n1. The van der Waals surface area contributed by atoms with Gasteiger partial charge in [-0.3, -0.25) is 14.6 Å². The molecule has 1 aliphatic carbocycles. The number of carbonyl (C=O) groups excluding carboxylic acids is 2. The van der Waals surface area contributed by atoms with Gasteiger partial charge in [0, 0.05) is 28.4 Å². The molecule has 2 aromatic carbocycles. The van der Waals surface area contributed by atoms with Crippen LogP contribution in [-0.4, -0.2) is 29.1 Å². The molecule has 0 bridgehead atoms. The number of para-hydroxylation sites is 1. The zero-order valence-electron chi connectivity index (χ0n) is 21.4. The Kier molecular flexibility index (Phi) is 8.99. The Labute approximate surface area is 218 Å². The molecule has 3 N–H and O–H groups in total. The average molecular weight is 505 g/mol. The molecule has 2 atom stereocenters. The van der Waals surface area contributed by atoms with Crippen LogP contribution in [0.2, 0.25) is 0 Å². The number of benzene rings is 2. The minimum absolute atomic E-state index is 0.0246. The Balaban J connectivity index is 0.00000148. The van der Waals surface area contributed by atoms with E-state index in [1.54, 1.807) is 11.8 Å². The van der Waals surface area contributed by atoms with E-state index < -0.39 is 0 Å². The van der Waals surface area contributed by atoms with Crippen molar-refractivity contribution in [2.75, 3.05) is 22.9 Å². The quantitative estimate of drug-likeness (QED) is 0.375. The molecule has 7 heteroatoms. The molecule has 2 aliphatic rings. The van der Waals surface area contributed by atoms with Crippen molar-refractivity contribution in [2.24, 2.45) is 11.8 Å². The second-order valence-electron chi connectivity index (χ2n) is 9.35. The summed E-state index contributed by atoms with van der Waals surface area (Å²) >= 11 is 1.58. The molecular formula is C29H36N4O2S. The maximum Gasteiger partial charge on any atom is 0.234 e. The van der Waals surface area contributed by atoms with Gasteiger partial charge in [-0.15, -0.1) is 11.8 Å². The molecule has 36 heavy (non-hydrogen) atoms. The number of nitrogens with one attached hydrogen (secondary N) is 3. The molecule has 1 fully saturated rings. The number of anilines is 2. The lowest BCUT2D eigenvalue weighted by Gasteiger charge is -2.28. The number of aryl methyl sites for hydroxylation is 1. The summed E-state index contributed by atoms with van der Waals surface area (Å²) in [4.78, 5) is 30.5. The number of fused-ring (bicyclic) bond motifs is 2. The van der Waals surface area contributed by atoms with Crippen LogP contribution in [0.15, 0.2) is 53.4 Å². The van der Waals surface area contributed by atoms with Crippen molar-refractivity contribution in [3.05, 3.63) is 59.8 Å². The van der Waals surface area contributed by atoms with Gasteiger partial charge >= 0.3 is 0 Å². The Hall–Kier alpha value is -2.90. The third-order valence-corrected chi connectivity index (χ3v) is 7.78. The number of rotatable bonds is 6. The summed E-state index contributed by atoms with van der Waals surface area (Å²) in [7, 11) is 0. The van der Waals surface area contributed by atoms with Gasteiger partial charge in [0.15, 0.2) is 0 Å². The van der Waals surface area contributed by atoms with Crippen LogP contribution in [-0.2, 0) is 16.1 Å². The van der Waals surface area contributed by atoms with Gasteiger partial charge in [0.1, 0.15) is 0 Å². The first-order valence-corrected chi connectivity index (χ1v) is 14.0. The Bertz CT molecular complexity index is 1230. The fraction of sp³-hybridized carbons (Fsp3) is 0.414. The molecule has 3 aromatic rings. The van der Waals surface area contributed by atoms with E-state index in [2.05, 4.69) is 39.1 Å². The summed E-state index contributed by atoms with van der Waals surface area (Å²) < 4.78 is 0. The predicted molar refractivity (Wildman–Crippen MR) is 149 cm³/mol. The van der Waals surface area contributed by atoms with Crippen LogP contribution in [0.5, 0.6) is 0 Å². The molecule has 5 rings (SSSR count). The number of thioether (sulfide) groups is 1. The van der Waals surface area contributed by atoms with Crippen molar-refractivity contribution in [2.45, 2.75) is 57.9 Å². The predicted octanol–water partition coefficient (Wildman–Crippen LogP) is 6.15. The smallest absolute Gasteiger partial charge is 0.234 e. The molecule has 0 radical (unpaired) electrons. The van der Waals surface area contributed by atoms with E-state index in [0.29, 0.717) is 11.7 Å². The van der Waals surface area contributed by atoms with Crippen LogP contribution in [0.3, 0.4) is 0 Å². The number of pyridine rings is 1. The monoisotopic (exact) mass is 504 g/mol. The molecule has 2 heterocycles. The molecule has 2 unspecified atom stereocenters. The normalized spacial score (nSPS) is 19.0. The number of nitrogens with zero attached hydrogens (tertiary/aromatic N) is 1. The second-order valence-corrected chi connectivity index (χ2v) is 10.4. The van der Waals surface area contributed by atoms with Crippen LogP contribution in [0.25, 0.3) is 10.9 Å². The highest BCUT2D eigenvalue weighted by molar-refractivity contribution is 8.00. The van der Waals surface area contributed by atoms with Crippen molar-refractivity contribution < 1.29 is 9.59 Å². The minimum atomic E-state index is 0.0246. The Morgan fingerprint density at radius 2 is 2.00 bits per heavy atom. The minimum Gasteiger partial charge on any atom is -0.324 e. The number of amides is 2. The zero-order chi connectivity index (χ0) is 25.5. The lowest BCUT2D eigenvalue weighted by molar-refractivity contribution is -0.121. The maximum atomic E-state index is 13.1. The molecule has 6 nitrogen and oxygen atoms in total. The number of hydrogen-bond acceptors (Lipinski definition) is 5. The van der Waals surface area contributed by atoms with Gasteiger partial charge in [-0.2, -0.15) is 0 Å². The van der Waals surface area contributed by atoms with E-state index in [1.165, 1.54) is 0 Å². The molecule has 1 aromatic heterocycles. The summed E-state index contributed by atoms with van der Waals surface area (Å²) in [6, 6.07) is 16.2. The number of hydrogen-bond donors (Lipinski definition) is 3. The molecule has 0 spiro atoms. The average Bonchev–Trinajstić information content (AvgIpc) is 2.90. The van der Waals surface area contributed by atoms with Crippen molar-refractivity contribution in [1.29, 1.82) is 0 Å². The standard InChI is InChI=1S/C27H30N4O2S.C2H6/c1-17-8-10-20-5-3-7-22(26(20)29-17)31-27(33)21-6-2-4-18(12-21)14-28-15-19-9-11-24-23(13-19)30-25(32)16-34-24;1-2/h3,5,7-11,13,18,21,28H,2,4,6,12,14-16H2,1H3,(H,30,32)(H,31,33);1-2H3. The van der Waals surface area contributed by atoms with Crippen molar-refractivity contribution in [1.82, 2.24) is 10.3 Å². The van der Waals surface area contributed by atoms with E-state index in [9.17, 15) is 9.59 Å². The fourth-order valence-corrected chi connectivity index (χ4v) is 5.74. The molecule has 1 saturated carbocycles. The van der Waals surface area contributed by atoms with Crippen LogP contribution in [0, 0.1) is 18.8 Å². The topological polar surface area (TPSA) is 83.1 Å². The third kappa shape index (κ3) is 6.45. The second kappa shape index (κ2) is 12.4. The van der Waals surface area contributed by atoms with Crippen LogP contribution >= 0.6 is 11.8 Å². The first-order chi connectivity index (χ1) is 17.5. The van der Waals surface area contributed by atoms with Gasteiger partial charge in [0.2, 0.25) is 11.8 Å². The third-order valence-electron chi connectivity index (χ3n) is 6.71. The largest absolute Gasteiger partial charge is 0.324 e. The lowest BCUT2D eigenvalue weighted by atomic mass is 9.81. The van der Waals surface area contributed by atoms with Crippen LogP contribution in [0.4, 0.5) is 11.4 Å². The molecular weight excluding hydrogens is 468 g/mol. The van der Waals surface area contributed by atoms with Gasteiger partial charge in [-0.1, -0.05) is 44.5 Å². The zero-order valence-corrected chi connectivity index (χ0v) is 22.2. The summed E-state index contributed by atoms with van der Waals surface area (Å²) in [5.74, 6) is 1.14. The lowest BCUT2D eigenvalue weighted by Crippen LogP contribution is -2.32. The van der Waals surface area contributed by atoms with Crippen LogP contribution < -0.4 is 16.0 Å². The summed E-state index contributed by atoms with van der Waals surface area (Å²) in [6.07, 6.45) is 4.04. The van der Waals surface area contributed by atoms with E-state index in [4.69, 9.17) is 0 Å². The number of carbonyl (C=O) groups is 2. The summed E-state index contributed by atoms with van der Waals surface area (Å²) in [6.45, 7) is 7.61. The van der Waals surface area contributed by atoms with E-state index >= 15 is 0 Å². The number of aromatic nitrogens is 1. The van der Waals surface area contributed by atoms with Crippen molar-refractivity contribution in [3.63, 3.8) is 0 Å². The molecule has 190 valence electrons. The molecule has 0 saturated heterocycles. The Morgan fingerprint density at radius 1 is 1.14 bits per heavy atom. The first-order valence-electron chi connectivity index (χ1n) is 13.0. The van der Waals surface area contributed by atoms with Crippen molar-refractivity contribution in [3.8, 4) is 0 Å². The van der Waals surface area contributed by atoms with Crippen LogP contribution in [0.1, 0.15) is 50.8 Å². The molecule has 1 aliphatic heterocycles. The maximum absolute atomic E-state index is 13.1.